The van der Waals surface area contributed by atoms with E-state index in [4.69, 9.17) is 53.1 Å². The zero-order valence-corrected chi connectivity index (χ0v) is 42.8. The van der Waals surface area contributed by atoms with Crippen molar-refractivity contribution >= 4 is 42.3 Å². The highest BCUT2D eigenvalue weighted by atomic mass is 16.6. The molecule has 26 heteroatoms. The molecule has 26 nitrogen and oxygen atoms in total. The normalized spacial score (nSPS) is 11.9. The van der Waals surface area contributed by atoms with E-state index in [9.17, 15) is 24.0 Å². The molecule has 1 aromatic carbocycles. The third-order valence-corrected chi connectivity index (χ3v) is 9.63. The molecule has 6 amide bonds. The molecule has 0 fully saturated rings. The minimum absolute atomic E-state index is 0.0240. The number of anilines is 1. The van der Waals surface area contributed by atoms with Crippen LogP contribution in [0.3, 0.4) is 0 Å². The van der Waals surface area contributed by atoms with Crippen LogP contribution in [0.2, 0.25) is 0 Å². The zero-order chi connectivity index (χ0) is 53.0. The number of amides is 6. The predicted molar refractivity (Wildman–Crippen MR) is 265 cm³/mol. The molecule has 1 heterocycles. The van der Waals surface area contributed by atoms with Crippen molar-refractivity contribution < 1.29 is 76.2 Å². The summed E-state index contributed by atoms with van der Waals surface area (Å²) in [6.07, 6.45) is 2.77. The number of nitrogens with one attached hydrogen (secondary N) is 5. The number of oxime groups is 1. The van der Waals surface area contributed by atoms with Gasteiger partial charge in [0.2, 0.25) is 11.8 Å². The minimum atomic E-state index is -1.03. The highest BCUT2D eigenvalue weighted by Crippen LogP contribution is 2.13. The first kappa shape index (κ1) is 63.5. The van der Waals surface area contributed by atoms with E-state index in [0.29, 0.717) is 142 Å². The molecule has 1 aromatic heterocycles. The number of aromatic nitrogens is 3. The van der Waals surface area contributed by atoms with E-state index in [0.717, 1.165) is 13.0 Å². The number of rotatable bonds is 47. The predicted octanol–water partition coefficient (Wildman–Crippen LogP) is 1.30. The number of ether oxygens (including phenoxy) is 10. The molecule has 7 N–H and O–H groups in total. The quantitative estimate of drug-likeness (QED) is 0.0309. The third-order valence-electron chi connectivity index (χ3n) is 9.63. The minimum Gasteiger partial charge on any atom is -0.445 e. The van der Waals surface area contributed by atoms with Gasteiger partial charge < -0.3 is 84.5 Å². The number of benzene rings is 1. The van der Waals surface area contributed by atoms with Gasteiger partial charge in [0.05, 0.1) is 132 Å². The molecule has 0 unspecified atom stereocenters. The maximum absolute atomic E-state index is 13.4. The van der Waals surface area contributed by atoms with E-state index in [1.165, 1.54) is 0 Å². The topological polar surface area (TPSA) is 316 Å². The van der Waals surface area contributed by atoms with Crippen LogP contribution < -0.4 is 32.3 Å². The van der Waals surface area contributed by atoms with Crippen molar-refractivity contribution in [1.82, 2.24) is 36.3 Å². The Bertz CT molecular complexity index is 1780. The molecule has 0 aliphatic carbocycles. The zero-order valence-electron chi connectivity index (χ0n) is 42.8. The molecule has 2 aromatic rings. The maximum Gasteiger partial charge on any atom is 0.407 e. The average molecular weight is 1040 g/mol. The van der Waals surface area contributed by atoms with Gasteiger partial charge in [0, 0.05) is 25.6 Å². The standard InChI is InChI=1S/C47H80N10O16/c1-5-14-63-16-18-65-20-22-67-24-26-69-28-30-71-31-29-70-27-25-68-23-21-66-19-17-64-15-13-57-34-40(55-56-57)33-51-47(62)72-35-38-8-10-39(11-9-38)52-44(59)41(7-6-12-50-46(48)61)54-45(60)42(32-37(2)3)53-43(58)36-73-49-4/h8-11,34,37,41-42H,4-7,12-33,35-36H2,1-3H3,(H,51,62)(H,52,59)(H,53,58)(H,54,60)(H3,48,50,61)/t41-,42-/m0/s1. The lowest BCUT2D eigenvalue weighted by Crippen LogP contribution is -2.53. The largest absolute Gasteiger partial charge is 0.445 e. The smallest absolute Gasteiger partial charge is 0.407 e. The van der Waals surface area contributed by atoms with Crippen LogP contribution in [0, 0.1) is 5.92 Å². The van der Waals surface area contributed by atoms with Crippen LogP contribution in [0.5, 0.6) is 0 Å². The Hall–Kier alpha value is -5.58. The van der Waals surface area contributed by atoms with E-state index >= 15 is 0 Å². The number of nitrogens with two attached hydrogens (primary N) is 1. The van der Waals surface area contributed by atoms with Crippen molar-refractivity contribution in [3.05, 3.63) is 41.7 Å². The first-order valence-corrected chi connectivity index (χ1v) is 24.6. The Kier molecular flexibility index (Phi) is 37.3. The summed E-state index contributed by atoms with van der Waals surface area (Å²) in [7, 11) is 0. The van der Waals surface area contributed by atoms with Crippen LogP contribution in [0.25, 0.3) is 0 Å². The van der Waals surface area contributed by atoms with Crippen LogP contribution in [-0.2, 0) is 86.3 Å². The third kappa shape index (κ3) is 35.3. The van der Waals surface area contributed by atoms with Crippen molar-refractivity contribution in [1.29, 1.82) is 0 Å². The number of primary amides is 1. The van der Waals surface area contributed by atoms with Gasteiger partial charge >= 0.3 is 12.1 Å². The Balaban J connectivity index is 1.52. The maximum atomic E-state index is 13.4. The van der Waals surface area contributed by atoms with E-state index in [2.05, 4.69) is 60.5 Å². The molecule has 2 rings (SSSR count). The second kappa shape index (κ2) is 42.9. The summed E-state index contributed by atoms with van der Waals surface area (Å²) < 4.78 is 56.3. The summed E-state index contributed by atoms with van der Waals surface area (Å²) >= 11 is 0. The number of carbonyl (C=O) groups excluding carboxylic acids is 5. The SMILES string of the molecule is C=NOCC(=O)N[C@@H](CC(C)C)C(=O)N[C@@H](CCCNC(N)=O)C(=O)Nc1ccc(COC(=O)NCc2cn(CCOCCOCCOCCOCCOCCOCCOCCOCCOCCC)nn2)cc1. The molecule has 0 aliphatic rings. The van der Waals surface area contributed by atoms with Gasteiger partial charge in [-0.15, -0.1) is 10.3 Å². The van der Waals surface area contributed by atoms with Gasteiger partial charge in [-0.25, -0.2) is 14.3 Å². The monoisotopic (exact) mass is 1040 g/mol. The Labute approximate surface area is 428 Å². The lowest BCUT2D eigenvalue weighted by Gasteiger charge is -2.24. The van der Waals surface area contributed by atoms with Crippen molar-refractivity contribution in [2.45, 2.75) is 78.2 Å². The van der Waals surface area contributed by atoms with Gasteiger partial charge in [-0.2, -0.15) is 0 Å². The lowest BCUT2D eigenvalue weighted by molar-refractivity contribution is -0.133. The molecule has 2 atom stereocenters. The molecule has 0 saturated carbocycles. The Morgan fingerprint density at radius 1 is 0.685 bits per heavy atom. The second-order valence-corrected chi connectivity index (χ2v) is 16.2. The summed E-state index contributed by atoms with van der Waals surface area (Å²) in [4.78, 5) is 67.3. The summed E-state index contributed by atoms with van der Waals surface area (Å²) in [6.45, 7) is 18.1. The molecule has 0 radical (unpaired) electrons. The first-order chi connectivity index (χ1) is 35.5. The molecule has 0 aliphatic heterocycles. The van der Waals surface area contributed by atoms with E-state index in [1.54, 1.807) is 35.1 Å². The van der Waals surface area contributed by atoms with Crippen LogP contribution in [0.1, 0.15) is 57.7 Å². The van der Waals surface area contributed by atoms with E-state index in [1.807, 2.05) is 13.8 Å². The fourth-order valence-electron chi connectivity index (χ4n) is 6.07. The highest BCUT2D eigenvalue weighted by Gasteiger charge is 2.27. The molecule has 73 heavy (non-hydrogen) atoms. The second-order valence-electron chi connectivity index (χ2n) is 16.2. The van der Waals surface area contributed by atoms with Crippen molar-refractivity contribution in [3.63, 3.8) is 0 Å². The van der Waals surface area contributed by atoms with Gasteiger partial charge in [-0.3, -0.25) is 14.4 Å². The molecule has 414 valence electrons. The summed E-state index contributed by atoms with van der Waals surface area (Å²) in [5.41, 5.74) is 6.73. The van der Waals surface area contributed by atoms with Crippen LogP contribution in [0.15, 0.2) is 35.6 Å². The lowest BCUT2D eigenvalue weighted by atomic mass is 10.0. The fraction of sp³-hybridized carbons (Fsp3) is 0.702. The Morgan fingerprint density at radius 3 is 1.70 bits per heavy atom. The molecule has 0 bridgehead atoms. The van der Waals surface area contributed by atoms with Crippen molar-refractivity contribution in [2.24, 2.45) is 16.8 Å². The fourth-order valence-corrected chi connectivity index (χ4v) is 6.07. The van der Waals surface area contributed by atoms with Crippen LogP contribution in [-0.4, -0.2) is 196 Å². The average Bonchev–Trinajstić information content (AvgIpc) is 3.83. The van der Waals surface area contributed by atoms with E-state index < -0.39 is 48.5 Å². The van der Waals surface area contributed by atoms with E-state index in [-0.39, 0.29) is 38.5 Å². The molecular weight excluding hydrogens is 961 g/mol. The number of hydrogen-bond donors (Lipinski definition) is 6. The highest BCUT2D eigenvalue weighted by molar-refractivity contribution is 5.98. The first-order valence-electron chi connectivity index (χ1n) is 24.6. The summed E-state index contributed by atoms with van der Waals surface area (Å²) in [5, 5.41) is 24.5. The summed E-state index contributed by atoms with van der Waals surface area (Å²) in [5.74, 6) is -1.67. The number of hydrogen-bond acceptors (Lipinski definition) is 19. The van der Waals surface area contributed by atoms with Crippen LogP contribution >= 0.6 is 0 Å². The van der Waals surface area contributed by atoms with Gasteiger partial charge in [-0.05, 0) is 49.3 Å². The van der Waals surface area contributed by atoms with Crippen LogP contribution in [0.4, 0.5) is 15.3 Å². The number of nitrogens with zero attached hydrogens (tertiary/aromatic N) is 4. The molecular formula is C47H80N10O16. The number of urea groups is 1. The number of carbonyl (C=O) groups is 5. The number of alkyl carbamates (subject to hydrolysis) is 1. The van der Waals surface area contributed by atoms with Gasteiger partial charge in [0.15, 0.2) is 6.61 Å². The van der Waals surface area contributed by atoms with Gasteiger partial charge in [0.1, 0.15) is 24.4 Å². The van der Waals surface area contributed by atoms with Crippen molar-refractivity contribution in [2.75, 3.05) is 137 Å². The Morgan fingerprint density at radius 2 is 1.21 bits per heavy atom. The van der Waals surface area contributed by atoms with Gasteiger partial charge in [-0.1, -0.05) is 38.1 Å². The molecule has 0 spiro atoms. The van der Waals surface area contributed by atoms with Gasteiger partial charge in [0.25, 0.3) is 5.91 Å². The van der Waals surface area contributed by atoms with Crippen molar-refractivity contribution in [3.8, 4) is 0 Å². The summed E-state index contributed by atoms with van der Waals surface area (Å²) in [6, 6.07) is 3.85. The molecule has 0 saturated heterocycles.